The Morgan fingerprint density at radius 2 is 0.506 bits per heavy atom. The molecular formula is C73H118O6. The molecule has 1 atom stereocenters. The van der Waals surface area contributed by atoms with E-state index in [4.69, 9.17) is 14.2 Å². The highest BCUT2D eigenvalue weighted by atomic mass is 16.6. The highest BCUT2D eigenvalue weighted by molar-refractivity contribution is 5.71. The Bertz CT molecular complexity index is 1730. The first-order chi connectivity index (χ1) is 39.0. The summed E-state index contributed by atoms with van der Waals surface area (Å²) in [5, 5.41) is 0. The zero-order chi connectivity index (χ0) is 57.1. The molecule has 0 amide bonds. The molecule has 0 aromatic rings. The van der Waals surface area contributed by atoms with Crippen molar-refractivity contribution in [1.82, 2.24) is 0 Å². The quantitative estimate of drug-likeness (QED) is 0.0261. The second-order valence-electron chi connectivity index (χ2n) is 20.9. The lowest BCUT2D eigenvalue weighted by Crippen LogP contribution is -2.30. The van der Waals surface area contributed by atoms with E-state index in [0.717, 1.165) is 122 Å². The van der Waals surface area contributed by atoms with Crippen LogP contribution in [0.1, 0.15) is 278 Å². The van der Waals surface area contributed by atoms with Crippen molar-refractivity contribution in [1.29, 1.82) is 0 Å². The summed E-state index contributed by atoms with van der Waals surface area (Å²) in [4.78, 5) is 38.2. The number of carbonyl (C=O) groups excluding carboxylic acids is 3. The number of hydrogen-bond acceptors (Lipinski definition) is 6. The van der Waals surface area contributed by atoms with Gasteiger partial charge in [0.25, 0.3) is 0 Å². The second kappa shape index (κ2) is 65.8. The van der Waals surface area contributed by atoms with Crippen molar-refractivity contribution in [2.24, 2.45) is 0 Å². The van der Waals surface area contributed by atoms with Crippen LogP contribution in [0.4, 0.5) is 0 Å². The predicted molar refractivity (Wildman–Crippen MR) is 343 cm³/mol. The summed E-state index contributed by atoms with van der Waals surface area (Å²) in [5.41, 5.74) is 0. The van der Waals surface area contributed by atoms with E-state index >= 15 is 0 Å². The molecule has 446 valence electrons. The maximum absolute atomic E-state index is 12.9. The molecule has 0 fully saturated rings. The molecule has 0 aliphatic carbocycles. The van der Waals surface area contributed by atoms with Gasteiger partial charge in [0, 0.05) is 19.3 Å². The summed E-state index contributed by atoms with van der Waals surface area (Å²) in [6.45, 7) is 6.44. The van der Waals surface area contributed by atoms with Gasteiger partial charge < -0.3 is 14.2 Å². The van der Waals surface area contributed by atoms with Gasteiger partial charge in [-0.05, 0) is 122 Å². The average Bonchev–Trinajstić information content (AvgIpc) is 3.45. The van der Waals surface area contributed by atoms with E-state index in [-0.39, 0.29) is 37.5 Å². The van der Waals surface area contributed by atoms with Crippen LogP contribution in [0, 0.1) is 0 Å². The summed E-state index contributed by atoms with van der Waals surface area (Å²) in [5.74, 6) is -0.976. The molecule has 0 aromatic carbocycles. The minimum Gasteiger partial charge on any atom is -0.462 e. The molecule has 6 heteroatoms. The maximum Gasteiger partial charge on any atom is 0.306 e. The number of unbranched alkanes of at least 4 members (excludes halogenated alkanes) is 22. The van der Waals surface area contributed by atoms with Crippen LogP contribution in [0.25, 0.3) is 0 Å². The van der Waals surface area contributed by atoms with E-state index in [9.17, 15) is 14.4 Å². The van der Waals surface area contributed by atoms with Gasteiger partial charge in [0.05, 0.1) is 0 Å². The number of allylic oxidation sites excluding steroid dienone is 24. The number of carbonyl (C=O) groups is 3. The number of hydrogen-bond donors (Lipinski definition) is 0. The molecule has 0 bridgehead atoms. The molecule has 0 saturated heterocycles. The Morgan fingerprint density at radius 1 is 0.266 bits per heavy atom. The Kier molecular flexibility index (Phi) is 61.9. The summed E-state index contributed by atoms with van der Waals surface area (Å²) in [7, 11) is 0. The third kappa shape index (κ3) is 64.0. The first kappa shape index (κ1) is 74.3. The van der Waals surface area contributed by atoms with Crippen LogP contribution in [-0.4, -0.2) is 37.2 Å². The smallest absolute Gasteiger partial charge is 0.306 e. The van der Waals surface area contributed by atoms with Crippen molar-refractivity contribution in [3.63, 3.8) is 0 Å². The molecule has 0 saturated carbocycles. The zero-order valence-electron chi connectivity index (χ0n) is 51.1. The van der Waals surface area contributed by atoms with Crippen molar-refractivity contribution in [2.45, 2.75) is 284 Å². The number of ether oxygens (including phenoxy) is 3. The molecule has 0 spiro atoms. The van der Waals surface area contributed by atoms with Gasteiger partial charge in [-0.1, -0.05) is 282 Å². The standard InChI is InChI=1S/C73H118O6/c1-4-7-10-13-16-19-21-23-25-27-29-31-33-34-35-36-37-38-40-41-43-45-47-49-51-54-57-60-63-66-72(75)78-69-70(68-77-71(74)65-62-59-56-53-18-15-12-9-6-3)79-73(76)67-64-61-58-55-52-50-48-46-44-42-39-32-30-28-26-24-22-20-17-14-11-8-5-2/h7,10,16,19,22-25,28-31,34-35,37-39,41-43,47,49,54,57,70H,4-6,8-9,11-15,17-18,20-21,26-27,32-33,36,40,44-46,48,50-53,55-56,58-69H2,1-3H3/b10-7-,19-16-,24-22-,25-23-,30-28-,31-29-,35-34-,38-37-,42-39-,43-41-,49-47-,57-54-. The lowest BCUT2D eigenvalue weighted by Gasteiger charge is -2.18. The second-order valence-corrected chi connectivity index (χ2v) is 20.9. The van der Waals surface area contributed by atoms with Gasteiger partial charge >= 0.3 is 17.9 Å². The SMILES string of the molecule is CC/C=C\C/C=C\C/C=C\C/C=C\C/C=C\C/C=C\C/C=C\C/C=C\C/C=C\CCCC(=O)OCC(COC(=O)CCCCCCCCCCC)OC(=O)CCCCCCCCCC/C=C\C/C=C\C/C=C\CCCCCCC. The molecule has 0 N–H and O–H groups in total. The van der Waals surface area contributed by atoms with Crippen LogP contribution in [0.15, 0.2) is 146 Å². The van der Waals surface area contributed by atoms with E-state index in [0.29, 0.717) is 19.3 Å². The number of esters is 3. The molecule has 79 heavy (non-hydrogen) atoms. The summed E-state index contributed by atoms with van der Waals surface area (Å²) < 4.78 is 16.8. The highest BCUT2D eigenvalue weighted by Crippen LogP contribution is 2.14. The van der Waals surface area contributed by atoms with Crippen molar-refractivity contribution < 1.29 is 28.6 Å². The van der Waals surface area contributed by atoms with Crippen LogP contribution < -0.4 is 0 Å². The zero-order valence-corrected chi connectivity index (χ0v) is 51.1. The summed E-state index contributed by atoms with van der Waals surface area (Å²) in [6, 6.07) is 0. The van der Waals surface area contributed by atoms with Gasteiger partial charge in [0.15, 0.2) is 6.10 Å². The number of rotatable bonds is 57. The van der Waals surface area contributed by atoms with E-state index < -0.39 is 6.10 Å². The molecule has 0 aliphatic heterocycles. The summed E-state index contributed by atoms with van der Waals surface area (Å²) >= 11 is 0. The van der Waals surface area contributed by atoms with Gasteiger partial charge in [0.1, 0.15) is 13.2 Å². The van der Waals surface area contributed by atoms with Gasteiger partial charge in [-0.2, -0.15) is 0 Å². The fourth-order valence-corrected chi connectivity index (χ4v) is 8.51. The van der Waals surface area contributed by atoms with Crippen LogP contribution in [-0.2, 0) is 28.6 Å². The van der Waals surface area contributed by atoms with E-state index in [2.05, 4.69) is 167 Å². The largest absolute Gasteiger partial charge is 0.462 e. The normalized spacial score (nSPS) is 13.1. The monoisotopic (exact) mass is 1090 g/mol. The van der Waals surface area contributed by atoms with Crippen LogP contribution in [0.5, 0.6) is 0 Å². The van der Waals surface area contributed by atoms with Crippen LogP contribution in [0.3, 0.4) is 0 Å². The maximum atomic E-state index is 12.9. The van der Waals surface area contributed by atoms with Gasteiger partial charge in [0.2, 0.25) is 0 Å². The third-order valence-corrected chi connectivity index (χ3v) is 13.3. The fraction of sp³-hybridized carbons (Fsp3) is 0.630. The Labute approximate surface area is 487 Å². The third-order valence-electron chi connectivity index (χ3n) is 13.3. The molecule has 0 rings (SSSR count). The fourth-order valence-electron chi connectivity index (χ4n) is 8.51. The van der Waals surface area contributed by atoms with Crippen molar-refractivity contribution >= 4 is 17.9 Å². The summed E-state index contributed by atoms with van der Waals surface area (Å²) in [6.07, 6.45) is 94.4. The Hall–Kier alpha value is -4.71. The van der Waals surface area contributed by atoms with Gasteiger partial charge in [-0.3, -0.25) is 14.4 Å². The molecule has 0 aliphatic rings. The molecule has 0 aromatic heterocycles. The molecule has 1 unspecified atom stereocenters. The molecular weight excluding hydrogens is 973 g/mol. The minimum absolute atomic E-state index is 0.102. The highest BCUT2D eigenvalue weighted by Gasteiger charge is 2.19. The lowest BCUT2D eigenvalue weighted by molar-refractivity contribution is -0.167. The van der Waals surface area contributed by atoms with E-state index in [1.165, 1.54) is 109 Å². The average molecular weight is 1090 g/mol. The van der Waals surface area contributed by atoms with Gasteiger partial charge in [-0.25, -0.2) is 0 Å². The predicted octanol–water partition coefficient (Wildman–Crippen LogP) is 22.3. The van der Waals surface area contributed by atoms with Gasteiger partial charge in [-0.15, -0.1) is 0 Å². The first-order valence-corrected chi connectivity index (χ1v) is 32.3. The topological polar surface area (TPSA) is 78.9 Å². The van der Waals surface area contributed by atoms with E-state index in [1.807, 2.05) is 0 Å². The Balaban J connectivity index is 4.37. The molecule has 0 heterocycles. The van der Waals surface area contributed by atoms with Crippen LogP contribution >= 0.6 is 0 Å². The Morgan fingerprint density at radius 3 is 0.823 bits per heavy atom. The first-order valence-electron chi connectivity index (χ1n) is 32.3. The molecule has 6 nitrogen and oxygen atoms in total. The lowest BCUT2D eigenvalue weighted by atomic mass is 10.1. The van der Waals surface area contributed by atoms with Crippen molar-refractivity contribution in [3.8, 4) is 0 Å². The van der Waals surface area contributed by atoms with E-state index in [1.54, 1.807) is 0 Å². The molecule has 0 radical (unpaired) electrons. The van der Waals surface area contributed by atoms with Crippen molar-refractivity contribution in [3.05, 3.63) is 146 Å². The van der Waals surface area contributed by atoms with Crippen molar-refractivity contribution in [2.75, 3.05) is 13.2 Å². The van der Waals surface area contributed by atoms with Crippen LogP contribution in [0.2, 0.25) is 0 Å². The minimum atomic E-state index is -0.810.